The Morgan fingerprint density at radius 1 is 1.16 bits per heavy atom. The van der Waals surface area contributed by atoms with E-state index in [1.807, 2.05) is 12.1 Å². The van der Waals surface area contributed by atoms with Gasteiger partial charge in [-0.1, -0.05) is 0 Å². The molecule has 0 spiro atoms. The summed E-state index contributed by atoms with van der Waals surface area (Å²) in [6.07, 6.45) is 0.859. The maximum absolute atomic E-state index is 12.7. The van der Waals surface area contributed by atoms with Gasteiger partial charge in [0.25, 0.3) is 0 Å². The first kappa shape index (κ1) is 20.1. The lowest BCUT2D eigenvalue weighted by molar-refractivity contribution is -0.167. The number of aromatic nitrogens is 6. The summed E-state index contributed by atoms with van der Waals surface area (Å²) in [5.74, 6) is 0. The van der Waals surface area contributed by atoms with Crippen LogP contribution in [0.3, 0.4) is 0 Å². The van der Waals surface area contributed by atoms with Crippen molar-refractivity contribution in [2.45, 2.75) is 18.1 Å². The summed E-state index contributed by atoms with van der Waals surface area (Å²) < 4.78 is 39.8. The molecule has 0 atom stereocenters. The van der Waals surface area contributed by atoms with Gasteiger partial charge in [-0.2, -0.15) is 28.6 Å². The molecule has 0 saturated carbocycles. The van der Waals surface area contributed by atoms with Crippen LogP contribution in [-0.4, -0.2) is 60.7 Å². The molecule has 0 amide bonds. The monoisotopic (exact) mass is 438 g/mol. The molecule has 1 N–H and O–H groups in total. The molecule has 11 heteroatoms. The number of alkyl halides is 3. The van der Waals surface area contributed by atoms with Crippen molar-refractivity contribution < 1.29 is 13.2 Å². The minimum Gasteiger partial charge on any atom is -0.290 e. The SMILES string of the molecule is N#CCC1(n2ccc(-c3nc(-c4cc[nH]n4)cc4ncccc34)n2)CN(CC(F)(F)F)C1. The number of halogens is 3. The fourth-order valence-corrected chi connectivity index (χ4v) is 4.16. The number of likely N-dealkylation sites (tertiary alicyclic amines) is 1. The average molecular weight is 438 g/mol. The molecule has 1 fully saturated rings. The van der Waals surface area contributed by atoms with Crippen molar-refractivity contribution in [1.29, 1.82) is 5.26 Å². The first-order chi connectivity index (χ1) is 15.4. The number of hydrogen-bond donors (Lipinski definition) is 1. The number of pyridine rings is 2. The maximum Gasteiger partial charge on any atom is 0.401 e. The highest BCUT2D eigenvalue weighted by atomic mass is 19.4. The zero-order chi connectivity index (χ0) is 22.3. The zero-order valence-corrected chi connectivity index (χ0v) is 16.7. The number of rotatable bonds is 5. The van der Waals surface area contributed by atoms with Crippen LogP contribution in [0.5, 0.6) is 0 Å². The Kier molecular flexibility index (Phi) is 4.67. The lowest BCUT2D eigenvalue weighted by Gasteiger charge is -2.49. The van der Waals surface area contributed by atoms with Gasteiger partial charge in [0.05, 0.1) is 30.2 Å². The van der Waals surface area contributed by atoms with Crippen molar-refractivity contribution in [3.05, 3.63) is 48.9 Å². The highest BCUT2D eigenvalue weighted by Gasteiger charge is 2.48. The molecule has 162 valence electrons. The molecule has 4 aromatic heterocycles. The molecule has 5 rings (SSSR count). The van der Waals surface area contributed by atoms with Gasteiger partial charge in [0.15, 0.2) is 0 Å². The summed E-state index contributed by atoms with van der Waals surface area (Å²) in [6.45, 7) is -0.799. The van der Waals surface area contributed by atoms with Crippen molar-refractivity contribution >= 4 is 10.9 Å². The van der Waals surface area contributed by atoms with Crippen molar-refractivity contribution in [1.82, 2.24) is 34.8 Å². The van der Waals surface area contributed by atoms with Gasteiger partial charge in [0.1, 0.15) is 22.6 Å². The second kappa shape index (κ2) is 7.42. The fourth-order valence-electron chi connectivity index (χ4n) is 4.16. The minimum absolute atomic E-state index is 0.0610. The molecule has 5 heterocycles. The van der Waals surface area contributed by atoms with E-state index < -0.39 is 18.3 Å². The summed E-state index contributed by atoms with van der Waals surface area (Å²) in [6, 6.07) is 11.2. The third-order valence-corrected chi connectivity index (χ3v) is 5.53. The summed E-state index contributed by atoms with van der Waals surface area (Å²) >= 11 is 0. The highest BCUT2D eigenvalue weighted by Crippen LogP contribution is 2.36. The molecule has 0 unspecified atom stereocenters. The Morgan fingerprint density at radius 3 is 2.72 bits per heavy atom. The van der Waals surface area contributed by atoms with Crippen LogP contribution in [0.4, 0.5) is 13.2 Å². The van der Waals surface area contributed by atoms with Crippen LogP contribution in [0, 0.1) is 11.3 Å². The normalized spacial score (nSPS) is 16.1. The molecule has 1 saturated heterocycles. The molecular weight excluding hydrogens is 421 g/mol. The van der Waals surface area contributed by atoms with E-state index in [4.69, 9.17) is 4.98 Å². The lowest BCUT2D eigenvalue weighted by atomic mass is 9.87. The largest absolute Gasteiger partial charge is 0.401 e. The summed E-state index contributed by atoms with van der Waals surface area (Å²) in [5.41, 5.74) is 2.33. The molecule has 4 aromatic rings. The number of hydrogen-bond acceptors (Lipinski definition) is 6. The number of nitrogens with one attached hydrogen (secondary N) is 1. The van der Waals surface area contributed by atoms with Gasteiger partial charge in [0, 0.05) is 37.1 Å². The third kappa shape index (κ3) is 3.58. The van der Waals surface area contributed by atoms with Gasteiger partial charge in [-0.05, 0) is 30.3 Å². The first-order valence-corrected chi connectivity index (χ1v) is 9.85. The number of H-pyrrole nitrogens is 1. The standard InChI is InChI=1S/C21H17F3N8/c22-21(23,24)13-31-11-20(12-31,5-6-25)32-9-4-16(30-32)19-14-2-1-7-26-17(14)10-18(28-19)15-3-8-27-29-15/h1-4,7-10H,5,11-13H2,(H,27,29). The Labute approximate surface area is 180 Å². The quantitative estimate of drug-likeness (QED) is 0.513. The van der Waals surface area contributed by atoms with E-state index in [9.17, 15) is 18.4 Å². The van der Waals surface area contributed by atoms with E-state index in [0.29, 0.717) is 22.8 Å². The van der Waals surface area contributed by atoms with E-state index in [2.05, 4.69) is 26.3 Å². The summed E-state index contributed by atoms with van der Waals surface area (Å²) in [4.78, 5) is 10.4. The van der Waals surface area contributed by atoms with Gasteiger partial charge in [0.2, 0.25) is 0 Å². The van der Waals surface area contributed by atoms with E-state index in [0.717, 1.165) is 10.9 Å². The Balaban J connectivity index is 1.53. The van der Waals surface area contributed by atoms with Crippen LogP contribution < -0.4 is 0 Å². The van der Waals surface area contributed by atoms with E-state index >= 15 is 0 Å². The second-order valence-electron chi connectivity index (χ2n) is 7.85. The van der Waals surface area contributed by atoms with Crippen LogP contribution >= 0.6 is 0 Å². The highest BCUT2D eigenvalue weighted by molar-refractivity contribution is 5.93. The van der Waals surface area contributed by atoms with Crippen LogP contribution in [0.1, 0.15) is 6.42 Å². The Morgan fingerprint density at radius 2 is 2.00 bits per heavy atom. The van der Waals surface area contributed by atoms with Crippen molar-refractivity contribution in [3.63, 3.8) is 0 Å². The number of aromatic amines is 1. The maximum atomic E-state index is 12.7. The van der Waals surface area contributed by atoms with E-state index in [-0.39, 0.29) is 19.5 Å². The molecule has 8 nitrogen and oxygen atoms in total. The molecule has 0 aliphatic carbocycles. The Hall–Kier alpha value is -3.78. The van der Waals surface area contributed by atoms with Gasteiger partial charge in [-0.3, -0.25) is 19.7 Å². The van der Waals surface area contributed by atoms with E-state index in [1.165, 1.54) is 4.90 Å². The molecule has 0 aromatic carbocycles. The topological polar surface area (TPSA) is 99.3 Å². The predicted molar refractivity (Wildman–Crippen MR) is 109 cm³/mol. The van der Waals surface area contributed by atoms with Crippen LogP contribution in [0.2, 0.25) is 0 Å². The van der Waals surface area contributed by atoms with Crippen molar-refractivity contribution in [3.8, 4) is 28.8 Å². The summed E-state index contributed by atoms with van der Waals surface area (Å²) in [7, 11) is 0. The van der Waals surface area contributed by atoms with Crippen LogP contribution in [0.15, 0.2) is 48.9 Å². The molecule has 0 radical (unpaired) electrons. The molecule has 32 heavy (non-hydrogen) atoms. The van der Waals surface area contributed by atoms with Crippen LogP contribution in [0.25, 0.3) is 33.7 Å². The lowest BCUT2D eigenvalue weighted by Crippen LogP contribution is -2.64. The first-order valence-electron chi connectivity index (χ1n) is 9.85. The van der Waals surface area contributed by atoms with E-state index in [1.54, 1.807) is 41.5 Å². The molecular formula is C21H17F3N8. The smallest absolute Gasteiger partial charge is 0.290 e. The summed E-state index contributed by atoms with van der Waals surface area (Å²) in [5, 5.41) is 21.7. The third-order valence-electron chi connectivity index (χ3n) is 5.53. The van der Waals surface area contributed by atoms with Gasteiger partial charge < -0.3 is 0 Å². The number of fused-ring (bicyclic) bond motifs is 1. The minimum atomic E-state index is -4.28. The number of nitriles is 1. The second-order valence-corrected chi connectivity index (χ2v) is 7.85. The van der Waals surface area contributed by atoms with Crippen molar-refractivity contribution in [2.24, 2.45) is 0 Å². The van der Waals surface area contributed by atoms with Gasteiger partial charge >= 0.3 is 6.18 Å². The zero-order valence-electron chi connectivity index (χ0n) is 16.7. The van der Waals surface area contributed by atoms with Crippen LogP contribution in [-0.2, 0) is 5.54 Å². The predicted octanol–water partition coefficient (Wildman–Crippen LogP) is 3.37. The molecule has 1 aliphatic rings. The molecule has 1 aliphatic heterocycles. The Bertz CT molecular complexity index is 1300. The van der Waals surface area contributed by atoms with Crippen molar-refractivity contribution in [2.75, 3.05) is 19.6 Å². The average Bonchev–Trinajstić information content (AvgIpc) is 3.43. The molecule has 0 bridgehead atoms. The number of nitrogens with zero attached hydrogens (tertiary/aromatic N) is 7. The fraction of sp³-hybridized carbons (Fsp3) is 0.286. The van der Waals surface area contributed by atoms with Gasteiger partial charge in [-0.25, -0.2) is 4.98 Å². The van der Waals surface area contributed by atoms with Gasteiger partial charge in [-0.15, -0.1) is 0 Å².